The molecule has 62 heavy (non-hydrogen) atoms. The Morgan fingerprint density at radius 3 is 1.31 bits per heavy atom. The molecule has 0 fully saturated rings. The molecule has 0 radical (unpaired) electrons. The summed E-state index contributed by atoms with van der Waals surface area (Å²) in [5.41, 5.74) is 13.6. The zero-order valence-electron chi connectivity index (χ0n) is 33.3. The Morgan fingerprint density at radius 2 is 0.726 bits per heavy atom. The third-order valence-electron chi connectivity index (χ3n) is 11.7. The molecule has 5 heterocycles. The average Bonchev–Trinajstić information content (AvgIpc) is 3.87. The smallest absolute Gasteiger partial charge is 0.182 e. The van der Waals surface area contributed by atoms with Gasteiger partial charge >= 0.3 is 0 Å². The highest BCUT2D eigenvalue weighted by molar-refractivity contribution is 6.11. The lowest BCUT2D eigenvalue weighted by atomic mass is 10.0. The van der Waals surface area contributed by atoms with Crippen molar-refractivity contribution >= 4 is 43.6 Å². The monoisotopic (exact) mass is 793 g/mol. The predicted molar refractivity (Wildman–Crippen MR) is 251 cm³/mol. The maximum absolute atomic E-state index is 4.92. The highest BCUT2D eigenvalue weighted by Gasteiger charge is 2.18. The molecule has 0 aliphatic rings. The molecule has 7 nitrogen and oxygen atoms in total. The van der Waals surface area contributed by atoms with Crippen LogP contribution in [0.2, 0.25) is 0 Å². The van der Waals surface area contributed by atoms with Crippen LogP contribution in [-0.2, 0) is 0 Å². The Bertz CT molecular complexity index is 3560. The van der Waals surface area contributed by atoms with Crippen LogP contribution in [-0.4, -0.2) is 34.1 Å². The van der Waals surface area contributed by atoms with Gasteiger partial charge in [0.2, 0.25) is 0 Å². The molecule has 0 N–H and O–H groups in total. The fraction of sp³-hybridized carbons (Fsp3) is 0. The first-order valence-electron chi connectivity index (χ1n) is 20.7. The van der Waals surface area contributed by atoms with Gasteiger partial charge in [0.1, 0.15) is 11.4 Å². The zero-order chi connectivity index (χ0) is 41.0. The van der Waals surface area contributed by atoms with Crippen LogP contribution >= 0.6 is 0 Å². The summed E-state index contributed by atoms with van der Waals surface area (Å²) in [6.07, 6.45) is 3.49. The molecule has 7 aromatic carbocycles. The van der Waals surface area contributed by atoms with Crippen molar-refractivity contribution in [2.45, 2.75) is 0 Å². The second kappa shape index (κ2) is 14.6. The lowest BCUT2D eigenvalue weighted by Crippen LogP contribution is -2.01. The molecule has 0 saturated carbocycles. The molecule has 0 bridgehead atoms. The van der Waals surface area contributed by atoms with E-state index in [-0.39, 0.29) is 0 Å². The van der Waals surface area contributed by atoms with Gasteiger partial charge in [0, 0.05) is 50.9 Å². The Morgan fingerprint density at radius 1 is 0.274 bits per heavy atom. The van der Waals surface area contributed by atoms with Crippen LogP contribution in [0, 0.1) is 0 Å². The van der Waals surface area contributed by atoms with E-state index in [1.165, 1.54) is 38.1 Å². The Labute approximate surface area is 356 Å². The molecule has 290 valence electrons. The number of hydrogen-bond donors (Lipinski definition) is 0. The summed E-state index contributed by atoms with van der Waals surface area (Å²) in [6, 6.07) is 70.3. The number of pyridine rings is 2. The molecule has 0 atom stereocenters. The van der Waals surface area contributed by atoms with E-state index in [0.717, 1.165) is 44.7 Å². The van der Waals surface area contributed by atoms with Crippen LogP contribution in [0.4, 0.5) is 0 Å². The number of hydrogen-bond acceptors (Lipinski definition) is 5. The summed E-state index contributed by atoms with van der Waals surface area (Å²) in [7, 11) is 0. The molecular formula is C55H35N7. The van der Waals surface area contributed by atoms with Crippen molar-refractivity contribution in [2.75, 3.05) is 0 Å². The van der Waals surface area contributed by atoms with Crippen LogP contribution in [0.25, 0.3) is 112 Å². The maximum atomic E-state index is 4.92. The average molecular weight is 794 g/mol. The minimum absolute atomic E-state index is 0.495. The van der Waals surface area contributed by atoms with E-state index in [1.54, 1.807) is 12.4 Å². The zero-order valence-corrected chi connectivity index (χ0v) is 33.3. The molecule has 0 aliphatic heterocycles. The number of aromatic nitrogens is 7. The minimum Gasteiger partial charge on any atom is -0.309 e. The van der Waals surface area contributed by atoms with Crippen LogP contribution in [0.5, 0.6) is 0 Å². The largest absolute Gasteiger partial charge is 0.309 e. The Hall–Kier alpha value is -8.55. The third-order valence-corrected chi connectivity index (χ3v) is 11.7. The lowest BCUT2D eigenvalue weighted by Gasteiger charge is -2.12. The van der Waals surface area contributed by atoms with Crippen LogP contribution < -0.4 is 0 Å². The molecule has 0 saturated heterocycles. The molecule has 0 aliphatic carbocycles. The molecular weight excluding hydrogens is 759 g/mol. The van der Waals surface area contributed by atoms with Crippen molar-refractivity contribution in [1.29, 1.82) is 0 Å². The van der Waals surface area contributed by atoms with E-state index in [4.69, 9.17) is 15.0 Å². The maximum Gasteiger partial charge on any atom is 0.182 e. The van der Waals surface area contributed by atoms with Gasteiger partial charge in [0.15, 0.2) is 17.5 Å². The van der Waals surface area contributed by atoms with E-state index >= 15 is 0 Å². The first-order valence-corrected chi connectivity index (χ1v) is 20.7. The standard InChI is InChI=1S/C55H35N7/c1-2-15-41(16-3-1)61-49-21-6-4-17-43(49)45-29-25-38(34-51(45)61)36-23-27-42(28-24-36)62-50-22-7-5-18-44(50)46-30-26-39(35-52(46)62)37-13-12-14-40(33-37)53-58-54(47-19-8-10-31-56-47)60-55(59-53)48-20-9-11-32-57-48/h1-35H. The molecule has 0 spiro atoms. The molecule has 5 aromatic heterocycles. The summed E-state index contributed by atoms with van der Waals surface area (Å²) in [4.78, 5) is 23.7. The van der Waals surface area contributed by atoms with Crippen molar-refractivity contribution in [3.63, 3.8) is 0 Å². The summed E-state index contributed by atoms with van der Waals surface area (Å²) in [5, 5.41) is 4.90. The molecule has 0 unspecified atom stereocenters. The summed E-state index contributed by atoms with van der Waals surface area (Å²) in [5.74, 6) is 1.54. The predicted octanol–water partition coefficient (Wildman–Crippen LogP) is 13.2. The van der Waals surface area contributed by atoms with E-state index in [1.807, 2.05) is 42.5 Å². The number of fused-ring (bicyclic) bond motifs is 6. The van der Waals surface area contributed by atoms with Crippen LogP contribution in [0.15, 0.2) is 213 Å². The Kier molecular flexibility index (Phi) is 8.35. The van der Waals surface area contributed by atoms with Gasteiger partial charge in [-0.15, -0.1) is 0 Å². The van der Waals surface area contributed by atoms with Gasteiger partial charge in [-0.25, -0.2) is 15.0 Å². The minimum atomic E-state index is 0.495. The fourth-order valence-electron chi connectivity index (χ4n) is 8.80. The second-order valence-corrected chi connectivity index (χ2v) is 15.4. The third kappa shape index (κ3) is 6.02. The number of nitrogens with zero attached hydrogens (tertiary/aromatic N) is 7. The highest BCUT2D eigenvalue weighted by Crippen LogP contribution is 2.38. The van der Waals surface area contributed by atoms with Gasteiger partial charge in [-0.2, -0.15) is 0 Å². The van der Waals surface area contributed by atoms with E-state index < -0.39 is 0 Å². The second-order valence-electron chi connectivity index (χ2n) is 15.4. The van der Waals surface area contributed by atoms with Crippen LogP contribution in [0.3, 0.4) is 0 Å². The summed E-state index contributed by atoms with van der Waals surface area (Å²) >= 11 is 0. The van der Waals surface area contributed by atoms with Gasteiger partial charge in [-0.3, -0.25) is 9.97 Å². The van der Waals surface area contributed by atoms with E-state index in [2.05, 4.69) is 177 Å². The number of rotatable bonds is 7. The molecule has 12 aromatic rings. The van der Waals surface area contributed by atoms with Gasteiger partial charge in [0.25, 0.3) is 0 Å². The fourth-order valence-corrected chi connectivity index (χ4v) is 8.80. The quantitative estimate of drug-likeness (QED) is 0.161. The normalized spacial score (nSPS) is 11.5. The van der Waals surface area contributed by atoms with Crippen molar-refractivity contribution < 1.29 is 0 Å². The molecule has 12 rings (SSSR count). The van der Waals surface area contributed by atoms with Crippen molar-refractivity contribution in [1.82, 2.24) is 34.1 Å². The van der Waals surface area contributed by atoms with Gasteiger partial charge < -0.3 is 9.13 Å². The van der Waals surface area contributed by atoms with E-state index in [0.29, 0.717) is 28.9 Å². The van der Waals surface area contributed by atoms with Gasteiger partial charge in [0.05, 0.1) is 22.1 Å². The van der Waals surface area contributed by atoms with Crippen LogP contribution in [0.1, 0.15) is 0 Å². The van der Waals surface area contributed by atoms with E-state index in [9.17, 15) is 0 Å². The lowest BCUT2D eigenvalue weighted by molar-refractivity contribution is 1.05. The van der Waals surface area contributed by atoms with Crippen molar-refractivity contribution in [2.24, 2.45) is 0 Å². The molecule has 0 amide bonds. The van der Waals surface area contributed by atoms with Crippen molar-refractivity contribution in [3.8, 4) is 68.1 Å². The highest BCUT2D eigenvalue weighted by atomic mass is 15.1. The SMILES string of the molecule is c1ccc(-n2c3ccccc3c3ccc(-c4ccc(-n5c6ccccc6c6ccc(-c7cccc(-c8nc(-c9ccccn9)nc(-c9ccccn9)n8)c7)cc65)cc4)cc32)cc1. The summed E-state index contributed by atoms with van der Waals surface area (Å²) in [6.45, 7) is 0. The van der Waals surface area contributed by atoms with Gasteiger partial charge in [-0.05, 0) is 101 Å². The number of benzene rings is 7. The topological polar surface area (TPSA) is 74.3 Å². The first kappa shape index (κ1) is 35.4. The first-order chi connectivity index (χ1) is 30.7. The summed E-state index contributed by atoms with van der Waals surface area (Å²) < 4.78 is 4.75. The van der Waals surface area contributed by atoms with Gasteiger partial charge in [-0.1, -0.05) is 121 Å². The Balaban J connectivity index is 0.945. The number of para-hydroxylation sites is 3. The van der Waals surface area contributed by atoms with Crippen molar-refractivity contribution in [3.05, 3.63) is 213 Å². The molecule has 7 heteroatoms.